The van der Waals surface area contributed by atoms with Gasteiger partial charge in [-0.2, -0.15) is 5.06 Å². The van der Waals surface area contributed by atoms with Crippen LogP contribution in [0.4, 0.5) is 0 Å². The van der Waals surface area contributed by atoms with Crippen molar-refractivity contribution in [1.82, 2.24) is 5.06 Å². The molecule has 0 fully saturated rings. The highest BCUT2D eigenvalue weighted by atomic mass is 16.5. The van der Waals surface area contributed by atoms with Gasteiger partial charge in [-0.05, 0) is 20.3 Å². The summed E-state index contributed by atoms with van der Waals surface area (Å²) in [6, 6.07) is 0. The van der Waals surface area contributed by atoms with Crippen molar-refractivity contribution in [2.75, 3.05) is 6.54 Å². The molecule has 0 saturated carbocycles. The van der Waals surface area contributed by atoms with Gasteiger partial charge in [0.15, 0.2) is 0 Å². The third-order valence-corrected chi connectivity index (χ3v) is 2.17. The topological polar surface area (TPSA) is 23.5 Å². The van der Waals surface area contributed by atoms with Crippen LogP contribution >= 0.6 is 0 Å². The van der Waals surface area contributed by atoms with Crippen LogP contribution in [0.1, 0.15) is 40.5 Å². The number of hydroxylamine groups is 2. The Hall–Kier alpha value is -0.340. The molecular weight excluding hydrogens is 150 g/mol. The Labute approximate surface area is 75.8 Å². The van der Waals surface area contributed by atoms with E-state index in [2.05, 4.69) is 19.9 Å². The summed E-state index contributed by atoms with van der Waals surface area (Å²) in [7, 11) is 0. The van der Waals surface area contributed by atoms with Gasteiger partial charge in [0, 0.05) is 6.54 Å². The molecule has 0 aliphatic carbocycles. The van der Waals surface area contributed by atoms with E-state index in [1.54, 1.807) is 0 Å². The van der Waals surface area contributed by atoms with E-state index in [0.29, 0.717) is 6.54 Å². The zero-order chi connectivity index (χ0) is 9.61. The van der Waals surface area contributed by atoms with Gasteiger partial charge in [-0.15, -0.1) is 0 Å². The molecule has 0 amide bonds. The lowest BCUT2D eigenvalue weighted by Crippen LogP contribution is -2.42. The molecule has 0 bridgehead atoms. The van der Waals surface area contributed by atoms with Gasteiger partial charge in [-0.25, -0.2) is 0 Å². The summed E-state index contributed by atoms with van der Waals surface area (Å²) in [6.45, 7) is 8.79. The van der Waals surface area contributed by atoms with Crippen molar-refractivity contribution in [2.45, 2.75) is 46.1 Å². The predicted molar refractivity (Wildman–Crippen MR) is 52.3 cm³/mol. The maximum Gasteiger partial charge on any atom is 0.0611 e. The van der Waals surface area contributed by atoms with E-state index in [9.17, 15) is 5.21 Å². The first-order valence-electron chi connectivity index (χ1n) is 4.71. The Kier molecular flexibility index (Phi) is 5.18. The van der Waals surface area contributed by atoms with Gasteiger partial charge < -0.3 is 5.21 Å². The van der Waals surface area contributed by atoms with Crippen LogP contribution in [0.3, 0.4) is 0 Å². The molecule has 0 heterocycles. The molecule has 12 heavy (non-hydrogen) atoms. The van der Waals surface area contributed by atoms with Gasteiger partial charge >= 0.3 is 0 Å². The zero-order valence-electron chi connectivity index (χ0n) is 8.67. The highest BCUT2D eigenvalue weighted by molar-refractivity contribution is 5.01. The average molecular weight is 171 g/mol. The predicted octanol–water partition coefficient (Wildman–Crippen LogP) is 2.83. The van der Waals surface area contributed by atoms with Crippen molar-refractivity contribution in [2.24, 2.45) is 0 Å². The van der Waals surface area contributed by atoms with Crippen molar-refractivity contribution >= 4 is 0 Å². The van der Waals surface area contributed by atoms with Gasteiger partial charge in [0.1, 0.15) is 0 Å². The SMILES string of the molecule is C/C=C\C(C)(CCC)N(O)CC. The minimum atomic E-state index is -0.182. The van der Waals surface area contributed by atoms with Gasteiger partial charge in [0.05, 0.1) is 5.54 Å². The average Bonchev–Trinajstić information content (AvgIpc) is 2.04. The van der Waals surface area contributed by atoms with Crippen molar-refractivity contribution in [3.05, 3.63) is 12.2 Å². The molecule has 0 saturated heterocycles. The third-order valence-electron chi connectivity index (χ3n) is 2.17. The summed E-state index contributed by atoms with van der Waals surface area (Å²) < 4.78 is 0. The second-order valence-corrected chi connectivity index (χ2v) is 3.32. The number of hydrogen-bond acceptors (Lipinski definition) is 2. The number of likely N-dealkylation sites (N-methyl/N-ethyl adjacent to an activating group) is 1. The first kappa shape index (κ1) is 11.7. The molecule has 0 spiro atoms. The standard InChI is InChI=1S/C10H21NO/c1-5-8-10(4,9-6-2)11(12)7-3/h5,8,12H,6-7,9H2,1-4H3/b8-5-. The molecule has 1 unspecified atom stereocenters. The molecule has 0 rings (SSSR count). The minimum absolute atomic E-state index is 0.182. The first-order chi connectivity index (χ1) is 5.60. The van der Waals surface area contributed by atoms with Gasteiger partial charge in [-0.1, -0.05) is 32.4 Å². The smallest absolute Gasteiger partial charge is 0.0611 e. The molecule has 0 aromatic rings. The van der Waals surface area contributed by atoms with Gasteiger partial charge in [0.2, 0.25) is 0 Å². The number of rotatable bonds is 5. The normalized spacial score (nSPS) is 17.2. The molecule has 2 heteroatoms. The summed E-state index contributed by atoms with van der Waals surface area (Å²) in [4.78, 5) is 0. The molecule has 0 aromatic carbocycles. The molecule has 0 aromatic heterocycles. The maximum absolute atomic E-state index is 9.62. The molecule has 0 radical (unpaired) electrons. The summed E-state index contributed by atoms with van der Waals surface area (Å²) in [6.07, 6.45) is 6.12. The lowest BCUT2D eigenvalue weighted by Gasteiger charge is -2.33. The Balaban J connectivity index is 4.36. The Morgan fingerprint density at radius 1 is 1.42 bits per heavy atom. The maximum atomic E-state index is 9.62. The lowest BCUT2D eigenvalue weighted by molar-refractivity contribution is -0.149. The fraction of sp³-hybridized carbons (Fsp3) is 0.800. The third kappa shape index (κ3) is 2.95. The van der Waals surface area contributed by atoms with E-state index in [-0.39, 0.29) is 5.54 Å². The van der Waals surface area contributed by atoms with Crippen LogP contribution in [0.15, 0.2) is 12.2 Å². The monoisotopic (exact) mass is 171 g/mol. The van der Waals surface area contributed by atoms with Gasteiger partial charge in [0.25, 0.3) is 0 Å². The largest absolute Gasteiger partial charge is 0.313 e. The number of nitrogens with zero attached hydrogens (tertiary/aromatic N) is 1. The van der Waals surface area contributed by atoms with Crippen LogP contribution < -0.4 is 0 Å². The molecule has 72 valence electrons. The molecule has 2 nitrogen and oxygen atoms in total. The quantitative estimate of drug-likeness (QED) is 0.508. The van der Waals surface area contributed by atoms with Crippen molar-refractivity contribution in [3.63, 3.8) is 0 Å². The van der Waals surface area contributed by atoms with E-state index in [0.717, 1.165) is 12.8 Å². The fourth-order valence-corrected chi connectivity index (χ4v) is 1.52. The molecular formula is C10H21NO. The van der Waals surface area contributed by atoms with Crippen molar-refractivity contribution < 1.29 is 5.21 Å². The minimum Gasteiger partial charge on any atom is -0.313 e. The van der Waals surface area contributed by atoms with E-state index in [4.69, 9.17) is 0 Å². The van der Waals surface area contributed by atoms with Crippen LogP contribution in [0.2, 0.25) is 0 Å². The van der Waals surface area contributed by atoms with Crippen LogP contribution in [-0.2, 0) is 0 Å². The summed E-state index contributed by atoms with van der Waals surface area (Å²) in [5.74, 6) is 0. The van der Waals surface area contributed by atoms with Crippen molar-refractivity contribution in [1.29, 1.82) is 0 Å². The summed E-state index contributed by atoms with van der Waals surface area (Å²) in [5, 5.41) is 11.0. The fourth-order valence-electron chi connectivity index (χ4n) is 1.52. The van der Waals surface area contributed by atoms with E-state index in [1.807, 2.05) is 19.9 Å². The molecule has 1 atom stereocenters. The van der Waals surface area contributed by atoms with Crippen LogP contribution in [-0.4, -0.2) is 22.4 Å². The molecule has 0 aliphatic rings. The van der Waals surface area contributed by atoms with E-state index >= 15 is 0 Å². The van der Waals surface area contributed by atoms with E-state index in [1.165, 1.54) is 5.06 Å². The number of allylic oxidation sites excluding steroid dienone is 1. The highest BCUT2D eigenvalue weighted by Crippen LogP contribution is 2.20. The molecule has 1 N–H and O–H groups in total. The van der Waals surface area contributed by atoms with Crippen LogP contribution in [0.5, 0.6) is 0 Å². The Morgan fingerprint density at radius 3 is 2.33 bits per heavy atom. The summed E-state index contributed by atoms with van der Waals surface area (Å²) >= 11 is 0. The summed E-state index contributed by atoms with van der Waals surface area (Å²) in [5.41, 5.74) is -0.182. The zero-order valence-corrected chi connectivity index (χ0v) is 8.67. The van der Waals surface area contributed by atoms with Crippen LogP contribution in [0.25, 0.3) is 0 Å². The van der Waals surface area contributed by atoms with Crippen LogP contribution in [0, 0.1) is 0 Å². The van der Waals surface area contributed by atoms with Gasteiger partial charge in [-0.3, -0.25) is 0 Å². The highest BCUT2D eigenvalue weighted by Gasteiger charge is 2.25. The van der Waals surface area contributed by atoms with Crippen molar-refractivity contribution in [3.8, 4) is 0 Å². The Bertz CT molecular complexity index is 145. The molecule has 0 aliphatic heterocycles. The second-order valence-electron chi connectivity index (χ2n) is 3.32. The number of hydrogen-bond donors (Lipinski definition) is 1. The second kappa shape index (κ2) is 5.33. The van der Waals surface area contributed by atoms with E-state index < -0.39 is 0 Å². The Morgan fingerprint density at radius 2 is 2.00 bits per heavy atom. The first-order valence-corrected chi connectivity index (χ1v) is 4.71. The lowest BCUT2D eigenvalue weighted by atomic mass is 9.95.